The number of carbonyl (C=O) groups is 1. The topological polar surface area (TPSA) is 38.7 Å². The number of aliphatic imine (C=N–C) groups is 1. The highest BCUT2D eigenvalue weighted by atomic mass is 32.1. The Kier molecular flexibility index (Phi) is 7.24. The molecule has 0 unspecified atom stereocenters. The van der Waals surface area contributed by atoms with Gasteiger partial charge in [-0.05, 0) is 51.2 Å². The first kappa shape index (κ1) is 16.3. The summed E-state index contributed by atoms with van der Waals surface area (Å²) < 4.78 is 5.30. The van der Waals surface area contributed by atoms with Gasteiger partial charge in [-0.15, -0.1) is 0 Å². The first-order valence-corrected chi connectivity index (χ1v) is 6.41. The second-order valence-electron chi connectivity index (χ2n) is 5.72. The second kappa shape index (κ2) is 7.57. The number of rotatable bonds is 6. The molecular formula is C13H23NO2S. The van der Waals surface area contributed by atoms with Gasteiger partial charge in [-0.3, -0.25) is 4.79 Å². The van der Waals surface area contributed by atoms with Crippen LogP contribution in [0.2, 0.25) is 0 Å². The Hall–Kier alpha value is -0.730. The number of hydrogen-bond donors (Lipinski definition) is 0. The Balaban J connectivity index is 4.31. The van der Waals surface area contributed by atoms with Gasteiger partial charge in [0, 0.05) is 0 Å². The van der Waals surface area contributed by atoms with Gasteiger partial charge in [0.25, 0.3) is 0 Å². The van der Waals surface area contributed by atoms with Crippen LogP contribution < -0.4 is 0 Å². The molecule has 0 aromatic heterocycles. The normalized spacial score (nSPS) is 13.1. The lowest BCUT2D eigenvalue weighted by molar-refractivity contribution is -0.156. The van der Waals surface area contributed by atoms with E-state index in [-0.39, 0.29) is 11.9 Å². The predicted octanol–water partition coefficient (Wildman–Crippen LogP) is 3.48. The van der Waals surface area contributed by atoms with E-state index in [1.54, 1.807) is 0 Å². The first-order valence-electron chi connectivity index (χ1n) is 6.00. The fourth-order valence-corrected chi connectivity index (χ4v) is 1.75. The molecule has 0 bridgehead atoms. The number of thiocarbonyl (C=S) groups is 1. The minimum absolute atomic E-state index is 0.164. The average Bonchev–Trinajstić information content (AvgIpc) is 2.09. The molecule has 0 aliphatic heterocycles. The SMILES string of the molecule is CC(C)C[C@H](CN=C=S)CC(=O)OC(C)(C)C. The van der Waals surface area contributed by atoms with E-state index in [4.69, 9.17) is 4.74 Å². The summed E-state index contributed by atoms with van der Waals surface area (Å²) in [4.78, 5) is 15.6. The fourth-order valence-electron chi connectivity index (χ4n) is 1.67. The van der Waals surface area contributed by atoms with E-state index >= 15 is 0 Å². The second-order valence-corrected chi connectivity index (χ2v) is 5.90. The van der Waals surface area contributed by atoms with Gasteiger partial charge < -0.3 is 4.74 Å². The van der Waals surface area contributed by atoms with Crippen molar-refractivity contribution in [3.63, 3.8) is 0 Å². The molecular weight excluding hydrogens is 234 g/mol. The summed E-state index contributed by atoms with van der Waals surface area (Å²) in [6, 6.07) is 0. The van der Waals surface area contributed by atoms with Gasteiger partial charge in [0.15, 0.2) is 0 Å². The molecule has 98 valence electrons. The zero-order valence-electron chi connectivity index (χ0n) is 11.4. The average molecular weight is 257 g/mol. The molecule has 1 atom stereocenters. The number of isothiocyanates is 1. The number of hydrogen-bond acceptors (Lipinski definition) is 4. The van der Waals surface area contributed by atoms with Crippen molar-refractivity contribution >= 4 is 23.3 Å². The molecule has 17 heavy (non-hydrogen) atoms. The number of carbonyl (C=O) groups excluding carboxylic acids is 1. The molecule has 4 heteroatoms. The van der Waals surface area contributed by atoms with Crippen LogP contribution in [0.25, 0.3) is 0 Å². The van der Waals surface area contributed by atoms with E-state index in [2.05, 4.69) is 36.2 Å². The van der Waals surface area contributed by atoms with Gasteiger partial charge in [-0.1, -0.05) is 13.8 Å². The highest BCUT2D eigenvalue weighted by molar-refractivity contribution is 7.78. The molecule has 0 spiro atoms. The monoisotopic (exact) mass is 257 g/mol. The Morgan fingerprint density at radius 2 is 2.00 bits per heavy atom. The lowest BCUT2D eigenvalue weighted by Crippen LogP contribution is -2.26. The summed E-state index contributed by atoms with van der Waals surface area (Å²) in [6.07, 6.45) is 1.34. The quantitative estimate of drug-likeness (QED) is 0.415. The van der Waals surface area contributed by atoms with E-state index in [1.807, 2.05) is 20.8 Å². The number of ether oxygens (including phenoxy) is 1. The first-order chi connectivity index (χ1) is 7.74. The van der Waals surface area contributed by atoms with Crippen LogP contribution in [-0.2, 0) is 9.53 Å². The van der Waals surface area contributed by atoms with E-state index in [9.17, 15) is 4.79 Å². The fraction of sp³-hybridized carbons (Fsp3) is 0.846. The minimum atomic E-state index is -0.424. The van der Waals surface area contributed by atoms with Crippen molar-refractivity contribution in [1.29, 1.82) is 0 Å². The van der Waals surface area contributed by atoms with Crippen molar-refractivity contribution in [2.45, 2.75) is 53.1 Å². The Labute approximate surface area is 110 Å². The summed E-state index contributed by atoms with van der Waals surface area (Å²) in [5.74, 6) is 0.561. The van der Waals surface area contributed by atoms with Crippen LogP contribution >= 0.6 is 12.2 Å². The van der Waals surface area contributed by atoms with Crippen LogP contribution in [0.5, 0.6) is 0 Å². The van der Waals surface area contributed by atoms with Crippen molar-refractivity contribution in [2.75, 3.05) is 6.54 Å². The Bertz CT molecular complexity index is 288. The van der Waals surface area contributed by atoms with Crippen LogP contribution in [0, 0.1) is 11.8 Å². The van der Waals surface area contributed by atoms with Gasteiger partial charge in [0.2, 0.25) is 0 Å². The molecule has 0 aliphatic carbocycles. The molecule has 0 fully saturated rings. The van der Waals surface area contributed by atoms with Crippen molar-refractivity contribution in [3.8, 4) is 0 Å². The lowest BCUT2D eigenvalue weighted by atomic mass is 9.94. The minimum Gasteiger partial charge on any atom is -0.460 e. The summed E-state index contributed by atoms with van der Waals surface area (Å²) >= 11 is 4.55. The highest BCUT2D eigenvalue weighted by Gasteiger charge is 2.20. The van der Waals surface area contributed by atoms with Crippen molar-refractivity contribution < 1.29 is 9.53 Å². The van der Waals surface area contributed by atoms with Gasteiger partial charge in [-0.2, -0.15) is 0 Å². The summed E-state index contributed by atoms with van der Waals surface area (Å²) in [5, 5.41) is 2.35. The van der Waals surface area contributed by atoms with Gasteiger partial charge in [0.05, 0.1) is 18.1 Å². The van der Waals surface area contributed by atoms with Gasteiger partial charge in [-0.25, -0.2) is 4.99 Å². The standard InChI is InChI=1S/C13H23NO2S/c1-10(2)6-11(8-14-9-17)7-12(15)16-13(3,4)5/h10-11H,6-8H2,1-5H3/t11-/m0/s1. The molecule has 0 aliphatic rings. The van der Waals surface area contributed by atoms with Gasteiger partial charge >= 0.3 is 5.97 Å². The molecule has 0 saturated carbocycles. The summed E-state index contributed by atoms with van der Waals surface area (Å²) in [7, 11) is 0. The maximum Gasteiger partial charge on any atom is 0.306 e. The van der Waals surface area contributed by atoms with Crippen LogP contribution in [0.15, 0.2) is 4.99 Å². The maximum absolute atomic E-state index is 11.7. The van der Waals surface area contributed by atoms with Gasteiger partial charge in [0.1, 0.15) is 5.60 Å². The zero-order chi connectivity index (χ0) is 13.5. The van der Waals surface area contributed by atoms with Crippen LogP contribution in [0.1, 0.15) is 47.5 Å². The molecule has 0 N–H and O–H groups in total. The molecule has 0 aromatic rings. The molecule has 0 rings (SSSR count). The van der Waals surface area contributed by atoms with Crippen LogP contribution in [-0.4, -0.2) is 23.3 Å². The molecule has 0 aromatic carbocycles. The molecule has 0 heterocycles. The molecule has 3 nitrogen and oxygen atoms in total. The van der Waals surface area contributed by atoms with Crippen molar-refractivity contribution in [2.24, 2.45) is 16.8 Å². The molecule has 0 saturated heterocycles. The Morgan fingerprint density at radius 1 is 1.41 bits per heavy atom. The largest absolute Gasteiger partial charge is 0.460 e. The van der Waals surface area contributed by atoms with E-state index in [0.29, 0.717) is 18.9 Å². The zero-order valence-corrected chi connectivity index (χ0v) is 12.3. The Morgan fingerprint density at radius 3 is 2.41 bits per heavy atom. The van der Waals surface area contributed by atoms with E-state index in [1.165, 1.54) is 0 Å². The van der Waals surface area contributed by atoms with Crippen LogP contribution in [0.3, 0.4) is 0 Å². The smallest absolute Gasteiger partial charge is 0.306 e. The predicted molar refractivity (Wildman–Crippen MR) is 73.3 cm³/mol. The lowest BCUT2D eigenvalue weighted by Gasteiger charge is -2.22. The molecule has 0 radical (unpaired) electrons. The van der Waals surface area contributed by atoms with E-state index in [0.717, 1.165) is 6.42 Å². The molecule has 0 amide bonds. The summed E-state index contributed by atoms with van der Waals surface area (Å²) in [5.41, 5.74) is -0.424. The third-order valence-corrected chi connectivity index (χ3v) is 2.22. The van der Waals surface area contributed by atoms with E-state index < -0.39 is 5.60 Å². The third-order valence-electron chi connectivity index (χ3n) is 2.09. The van der Waals surface area contributed by atoms with Crippen LogP contribution in [0.4, 0.5) is 0 Å². The number of nitrogens with zero attached hydrogens (tertiary/aromatic N) is 1. The third kappa shape index (κ3) is 10.2. The maximum atomic E-state index is 11.7. The van der Waals surface area contributed by atoms with Crippen molar-refractivity contribution in [3.05, 3.63) is 0 Å². The van der Waals surface area contributed by atoms with Crippen molar-refractivity contribution in [1.82, 2.24) is 0 Å². The summed E-state index contributed by atoms with van der Waals surface area (Å²) in [6.45, 7) is 10.4. The highest BCUT2D eigenvalue weighted by Crippen LogP contribution is 2.18. The number of esters is 1.